The van der Waals surface area contributed by atoms with E-state index in [1.165, 1.54) is 42.2 Å². The van der Waals surface area contributed by atoms with Gasteiger partial charge in [0.05, 0.1) is 36.2 Å². The molecule has 2 unspecified atom stereocenters. The molecule has 3 heterocycles. The van der Waals surface area contributed by atoms with E-state index >= 15 is 0 Å². The number of methoxy groups -OCH3 is 1. The molecule has 0 radical (unpaired) electrons. The third-order valence-electron chi connectivity index (χ3n) is 10.1. The lowest BCUT2D eigenvalue weighted by Gasteiger charge is -2.32. The van der Waals surface area contributed by atoms with Gasteiger partial charge in [-0.2, -0.15) is 0 Å². The normalized spacial score (nSPS) is 23.9. The lowest BCUT2D eigenvalue weighted by atomic mass is 9.71. The Morgan fingerprint density at radius 3 is 2.44 bits per heavy atom. The van der Waals surface area contributed by atoms with Gasteiger partial charge in [-0.05, 0) is 56.1 Å². The molecule has 2 saturated carbocycles. The quantitative estimate of drug-likeness (QED) is 0.259. The van der Waals surface area contributed by atoms with E-state index in [1.54, 1.807) is 14.0 Å². The first-order chi connectivity index (χ1) is 21.2. The molecule has 0 amide bonds. The van der Waals surface area contributed by atoms with Crippen molar-refractivity contribution < 1.29 is 28.6 Å². The molecule has 4 aromatic rings. The van der Waals surface area contributed by atoms with Crippen molar-refractivity contribution >= 4 is 33.3 Å². The average molecular weight is 636 g/mol. The first-order valence-corrected chi connectivity index (χ1v) is 15.7. The number of hydrogen-bond donors (Lipinski definition) is 1. The maximum atomic E-state index is 14.3. The highest BCUT2D eigenvalue weighted by Crippen LogP contribution is 2.62. The zero-order chi connectivity index (χ0) is 32.5. The van der Waals surface area contributed by atoms with Crippen molar-refractivity contribution in [3.8, 4) is 16.5 Å². The molecular weight excluding hydrogens is 598 g/mol. The van der Waals surface area contributed by atoms with Crippen LogP contribution in [0.25, 0.3) is 21.0 Å². The van der Waals surface area contributed by atoms with Crippen LogP contribution in [-0.4, -0.2) is 44.2 Å². The summed E-state index contributed by atoms with van der Waals surface area (Å²) in [5.74, 6) is -0.187. The number of oxazole rings is 1. The number of ether oxygens (including phenoxy) is 2. The molecular formula is C33H37N3O8S. The molecule has 1 aromatic carbocycles. The first kappa shape index (κ1) is 31.0. The summed E-state index contributed by atoms with van der Waals surface area (Å²) in [6, 6.07) is 7.41. The molecule has 2 aliphatic rings. The van der Waals surface area contributed by atoms with Crippen LogP contribution in [0.3, 0.4) is 0 Å². The van der Waals surface area contributed by atoms with Crippen molar-refractivity contribution in [2.45, 2.75) is 84.6 Å². The van der Waals surface area contributed by atoms with E-state index in [0.717, 1.165) is 4.57 Å². The van der Waals surface area contributed by atoms with E-state index in [9.17, 15) is 24.3 Å². The van der Waals surface area contributed by atoms with Crippen LogP contribution < -0.4 is 16.0 Å². The third kappa shape index (κ3) is 4.85. The number of aliphatic carboxylic acids is 1. The van der Waals surface area contributed by atoms with Gasteiger partial charge in [-0.25, -0.2) is 19.1 Å². The Morgan fingerprint density at radius 1 is 1.18 bits per heavy atom. The summed E-state index contributed by atoms with van der Waals surface area (Å²) >= 11 is 1.19. The van der Waals surface area contributed by atoms with E-state index < -0.39 is 28.9 Å². The predicted molar refractivity (Wildman–Crippen MR) is 168 cm³/mol. The molecule has 3 aromatic heterocycles. The number of carboxylic acid groups (broad SMARTS) is 1. The van der Waals surface area contributed by atoms with Crippen molar-refractivity contribution in [3.05, 3.63) is 68.7 Å². The van der Waals surface area contributed by atoms with Crippen molar-refractivity contribution in [1.82, 2.24) is 14.1 Å². The third-order valence-corrected chi connectivity index (χ3v) is 11.4. The van der Waals surface area contributed by atoms with E-state index in [0.29, 0.717) is 58.2 Å². The molecule has 0 aliphatic heterocycles. The van der Waals surface area contributed by atoms with Crippen LogP contribution >= 0.6 is 11.3 Å². The SMILES string of the molecule is COc1ccccc1C(Cn1c(=O)n(C(C)(C)C(=O)O)c(=O)c2c(C)c(-c3ncco3)sc21)OC1C[C@]2(C)CC(=O)C[C@]2(C)C1. The summed E-state index contributed by atoms with van der Waals surface area (Å²) in [5, 5.41) is 10.3. The van der Waals surface area contributed by atoms with Gasteiger partial charge in [0.1, 0.15) is 34.3 Å². The number of carbonyl (C=O) groups excluding carboxylic acids is 1. The summed E-state index contributed by atoms with van der Waals surface area (Å²) in [6.07, 6.45) is 4.40. The smallest absolute Gasteiger partial charge is 0.333 e. The number of rotatable bonds is 9. The number of carbonyl (C=O) groups is 2. The van der Waals surface area contributed by atoms with Crippen LogP contribution in [0.4, 0.5) is 0 Å². The van der Waals surface area contributed by atoms with Gasteiger partial charge in [0.2, 0.25) is 5.89 Å². The van der Waals surface area contributed by atoms with E-state index in [-0.39, 0.29) is 34.6 Å². The number of thiophene rings is 1. The van der Waals surface area contributed by atoms with Crippen molar-refractivity contribution in [1.29, 1.82) is 0 Å². The molecule has 6 rings (SSSR count). The number of para-hydroxylation sites is 1. The fourth-order valence-corrected chi connectivity index (χ4v) is 8.59. The molecule has 1 N–H and O–H groups in total. The molecule has 2 aliphatic carbocycles. The van der Waals surface area contributed by atoms with E-state index in [1.807, 2.05) is 24.3 Å². The van der Waals surface area contributed by atoms with Crippen molar-refractivity contribution in [3.63, 3.8) is 0 Å². The van der Waals surface area contributed by atoms with Crippen LogP contribution in [0.15, 0.2) is 50.7 Å². The maximum absolute atomic E-state index is 14.3. The minimum absolute atomic E-state index is 0.0283. The molecule has 2 fully saturated rings. The Kier molecular flexibility index (Phi) is 7.43. The lowest BCUT2D eigenvalue weighted by molar-refractivity contribution is -0.146. The van der Waals surface area contributed by atoms with E-state index in [2.05, 4.69) is 18.8 Å². The molecule has 0 saturated heterocycles. The minimum Gasteiger partial charge on any atom is -0.496 e. The molecule has 12 heteroatoms. The number of benzene rings is 1. The number of ketones is 1. The monoisotopic (exact) mass is 635 g/mol. The lowest BCUT2D eigenvalue weighted by Crippen LogP contribution is -2.52. The van der Waals surface area contributed by atoms with Crippen LogP contribution in [0.2, 0.25) is 0 Å². The molecule has 11 nitrogen and oxygen atoms in total. The van der Waals surface area contributed by atoms with E-state index in [4.69, 9.17) is 13.9 Å². The average Bonchev–Trinajstić information content (AvgIpc) is 3.70. The molecule has 45 heavy (non-hydrogen) atoms. The maximum Gasteiger partial charge on any atom is 0.333 e. The number of aromatic nitrogens is 3. The molecule has 238 valence electrons. The van der Waals surface area contributed by atoms with Crippen molar-refractivity contribution in [2.75, 3.05) is 7.11 Å². The number of nitrogens with zero attached hydrogens (tertiary/aromatic N) is 3. The number of Topliss-reactive ketones (excluding diaryl/α,β-unsaturated/α-hetero) is 1. The number of aryl methyl sites for hydroxylation is 1. The summed E-state index contributed by atoms with van der Waals surface area (Å²) in [5.41, 5.74) is -2.46. The topological polar surface area (TPSA) is 143 Å². The summed E-state index contributed by atoms with van der Waals surface area (Å²) < 4.78 is 20.4. The Balaban J connectivity index is 1.54. The van der Waals surface area contributed by atoms with Gasteiger partial charge in [-0.15, -0.1) is 11.3 Å². The summed E-state index contributed by atoms with van der Waals surface area (Å²) in [7, 11) is 1.56. The second-order valence-corrected chi connectivity index (χ2v) is 14.4. The van der Waals surface area contributed by atoms with Gasteiger partial charge in [0, 0.05) is 18.4 Å². The first-order valence-electron chi connectivity index (χ1n) is 14.9. The summed E-state index contributed by atoms with van der Waals surface area (Å²) in [4.78, 5) is 58.3. The highest BCUT2D eigenvalue weighted by atomic mass is 32.1. The Bertz CT molecular complexity index is 1920. The standard InChI is InChI=1S/C33H37N3O8S/c1-18-24-27(38)36(31(2,3)29(39)40)30(41)35(28(24)45-25(18)26-34-11-12-43-26)17-23(21-9-7-8-10-22(21)42-6)44-20-15-32(4)13-19(37)14-33(32,5)16-20/h7-12,20,23H,13-17H2,1-6H3,(H,39,40)/t20?,23?,32-,33+. The molecule has 4 atom stereocenters. The number of fused-ring (bicyclic) bond motifs is 2. The molecule has 0 bridgehead atoms. The highest BCUT2D eigenvalue weighted by molar-refractivity contribution is 7.22. The zero-order valence-corrected chi connectivity index (χ0v) is 27.0. The fraction of sp³-hybridized carbons (Fsp3) is 0.485. The van der Waals surface area contributed by atoms with Crippen LogP contribution in [0.1, 0.15) is 70.6 Å². The highest BCUT2D eigenvalue weighted by Gasteiger charge is 2.58. The minimum atomic E-state index is -1.85. The van der Waals surface area contributed by atoms with Gasteiger partial charge < -0.3 is 19.0 Å². The number of hydrogen-bond acceptors (Lipinski definition) is 9. The second-order valence-electron chi connectivity index (χ2n) is 13.4. The fourth-order valence-electron chi connectivity index (χ4n) is 7.35. The summed E-state index contributed by atoms with van der Waals surface area (Å²) in [6.45, 7) is 8.67. The Labute approximate surface area is 263 Å². The second kappa shape index (κ2) is 10.8. The van der Waals surface area contributed by atoms with Crippen LogP contribution in [0.5, 0.6) is 5.75 Å². The predicted octanol–water partition coefficient (Wildman–Crippen LogP) is 5.31. The largest absolute Gasteiger partial charge is 0.496 e. The van der Waals surface area contributed by atoms with Crippen LogP contribution in [0, 0.1) is 17.8 Å². The zero-order valence-electron chi connectivity index (χ0n) is 26.2. The Morgan fingerprint density at radius 2 is 1.84 bits per heavy atom. The number of carboxylic acids is 1. The van der Waals surface area contributed by atoms with Gasteiger partial charge in [-0.3, -0.25) is 14.2 Å². The van der Waals surface area contributed by atoms with Gasteiger partial charge in [0.15, 0.2) is 0 Å². The van der Waals surface area contributed by atoms with Crippen molar-refractivity contribution in [2.24, 2.45) is 10.8 Å². The van der Waals surface area contributed by atoms with Gasteiger partial charge in [-0.1, -0.05) is 32.0 Å². The Hall–Kier alpha value is -4.03. The van der Waals surface area contributed by atoms with Gasteiger partial charge in [0.25, 0.3) is 5.56 Å². The molecule has 0 spiro atoms. The van der Waals surface area contributed by atoms with Gasteiger partial charge >= 0.3 is 11.7 Å². The van der Waals surface area contributed by atoms with Crippen LogP contribution in [-0.2, 0) is 26.4 Å².